The second kappa shape index (κ2) is 8.54. The van der Waals surface area contributed by atoms with Crippen LogP contribution in [0.1, 0.15) is 58.8 Å². The third-order valence-corrected chi connectivity index (χ3v) is 3.87. The molecule has 0 radical (unpaired) electrons. The first kappa shape index (κ1) is 16.4. The molecule has 1 unspecified atom stereocenters. The van der Waals surface area contributed by atoms with Gasteiger partial charge in [0.15, 0.2) is 0 Å². The van der Waals surface area contributed by atoms with Gasteiger partial charge in [-0.25, -0.2) is 0 Å². The minimum absolute atomic E-state index is 0.241. The predicted molar refractivity (Wildman–Crippen MR) is 76.3 cm³/mol. The van der Waals surface area contributed by atoms with Crippen molar-refractivity contribution < 1.29 is 14.6 Å². The SMILES string of the molecule is CCCCCCCOCC(NCC)(C(=O)O)C1CC1. The molecule has 0 saturated heterocycles. The lowest BCUT2D eigenvalue weighted by Crippen LogP contribution is -2.57. The molecule has 0 aromatic heterocycles. The van der Waals surface area contributed by atoms with Gasteiger partial charge < -0.3 is 9.84 Å². The Kier molecular flexibility index (Phi) is 7.39. The number of nitrogens with one attached hydrogen (secondary N) is 1. The molecule has 19 heavy (non-hydrogen) atoms. The average molecular weight is 271 g/mol. The van der Waals surface area contributed by atoms with E-state index in [4.69, 9.17) is 4.74 Å². The zero-order valence-corrected chi connectivity index (χ0v) is 12.4. The van der Waals surface area contributed by atoms with Gasteiger partial charge in [-0.2, -0.15) is 0 Å². The molecule has 1 rings (SSSR count). The topological polar surface area (TPSA) is 58.6 Å². The third-order valence-electron chi connectivity index (χ3n) is 3.87. The molecular weight excluding hydrogens is 242 g/mol. The molecule has 0 aliphatic heterocycles. The summed E-state index contributed by atoms with van der Waals surface area (Å²) in [6.45, 7) is 5.79. The van der Waals surface area contributed by atoms with Gasteiger partial charge in [-0.15, -0.1) is 0 Å². The summed E-state index contributed by atoms with van der Waals surface area (Å²) >= 11 is 0. The van der Waals surface area contributed by atoms with Crippen molar-refractivity contribution in [3.05, 3.63) is 0 Å². The first-order valence-corrected chi connectivity index (χ1v) is 7.73. The Hall–Kier alpha value is -0.610. The van der Waals surface area contributed by atoms with Gasteiger partial charge in [0.25, 0.3) is 0 Å². The fourth-order valence-electron chi connectivity index (χ4n) is 2.56. The molecule has 4 nitrogen and oxygen atoms in total. The summed E-state index contributed by atoms with van der Waals surface area (Å²) in [7, 11) is 0. The number of carboxylic acids is 1. The lowest BCUT2D eigenvalue weighted by Gasteiger charge is -2.30. The zero-order valence-electron chi connectivity index (χ0n) is 12.4. The zero-order chi connectivity index (χ0) is 14.1. The van der Waals surface area contributed by atoms with Crippen molar-refractivity contribution in [1.82, 2.24) is 5.32 Å². The summed E-state index contributed by atoms with van der Waals surface area (Å²) in [5.41, 5.74) is -0.849. The maximum atomic E-state index is 11.6. The number of aliphatic carboxylic acids is 1. The maximum Gasteiger partial charge on any atom is 0.326 e. The minimum Gasteiger partial charge on any atom is -0.480 e. The Bertz CT molecular complexity index is 266. The molecule has 1 aliphatic carbocycles. The van der Waals surface area contributed by atoms with Crippen LogP contribution in [-0.4, -0.2) is 36.4 Å². The van der Waals surface area contributed by atoms with E-state index in [1.165, 1.54) is 25.7 Å². The third kappa shape index (κ3) is 5.11. The highest BCUT2D eigenvalue weighted by atomic mass is 16.5. The first-order chi connectivity index (χ1) is 9.17. The second-order valence-electron chi connectivity index (χ2n) is 5.55. The quantitative estimate of drug-likeness (QED) is 0.536. The molecule has 0 aromatic rings. The van der Waals surface area contributed by atoms with Gasteiger partial charge in [0.05, 0.1) is 6.61 Å². The molecule has 1 aliphatic rings. The van der Waals surface area contributed by atoms with Crippen LogP contribution in [-0.2, 0) is 9.53 Å². The molecule has 4 heteroatoms. The summed E-state index contributed by atoms with van der Waals surface area (Å²) in [5, 5.41) is 12.6. The molecule has 0 heterocycles. The van der Waals surface area contributed by atoms with Crippen molar-refractivity contribution in [3.8, 4) is 0 Å². The summed E-state index contributed by atoms with van der Waals surface area (Å²) in [4.78, 5) is 11.6. The smallest absolute Gasteiger partial charge is 0.326 e. The number of hydrogen-bond donors (Lipinski definition) is 2. The fourth-order valence-corrected chi connectivity index (χ4v) is 2.56. The Balaban J connectivity index is 2.27. The van der Waals surface area contributed by atoms with Gasteiger partial charge in [-0.3, -0.25) is 10.1 Å². The highest BCUT2D eigenvalue weighted by Gasteiger charge is 2.51. The molecule has 0 amide bonds. The van der Waals surface area contributed by atoms with E-state index in [1.807, 2.05) is 6.92 Å². The van der Waals surface area contributed by atoms with Crippen molar-refractivity contribution in [3.63, 3.8) is 0 Å². The van der Waals surface area contributed by atoms with E-state index in [-0.39, 0.29) is 5.92 Å². The van der Waals surface area contributed by atoms with Crippen molar-refractivity contribution >= 4 is 5.97 Å². The normalized spacial score (nSPS) is 18.2. The van der Waals surface area contributed by atoms with Gasteiger partial charge >= 0.3 is 5.97 Å². The monoisotopic (exact) mass is 271 g/mol. The molecule has 2 N–H and O–H groups in total. The number of carbonyl (C=O) groups is 1. The Labute approximate surface area is 116 Å². The number of carboxylic acid groups (broad SMARTS) is 1. The summed E-state index contributed by atoms with van der Waals surface area (Å²) in [6, 6.07) is 0. The van der Waals surface area contributed by atoms with Crippen LogP contribution >= 0.6 is 0 Å². The lowest BCUT2D eigenvalue weighted by atomic mass is 9.94. The molecule has 112 valence electrons. The van der Waals surface area contributed by atoms with Crippen molar-refractivity contribution in [2.24, 2.45) is 5.92 Å². The second-order valence-corrected chi connectivity index (χ2v) is 5.55. The molecule has 1 saturated carbocycles. The van der Waals surface area contributed by atoms with E-state index >= 15 is 0 Å². The maximum absolute atomic E-state index is 11.6. The van der Waals surface area contributed by atoms with Crippen LogP contribution in [0.25, 0.3) is 0 Å². The Morgan fingerprint density at radius 2 is 1.95 bits per heavy atom. The van der Waals surface area contributed by atoms with Gasteiger partial charge in [-0.05, 0) is 31.7 Å². The lowest BCUT2D eigenvalue weighted by molar-refractivity contribution is -0.149. The summed E-state index contributed by atoms with van der Waals surface area (Å²) < 4.78 is 5.65. The van der Waals surface area contributed by atoms with Crippen LogP contribution in [0.3, 0.4) is 0 Å². The van der Waals surface area contributed by atoms with Crippen LogP contribution in [0.4, 0.5) is 0 Å². The predicted octanol–water partition coefficient (Wildman–Crippen LogP) is 2.82. The van der Waals surface area contributed by atoms with Gasteiger partial charge in [0.2, 0.25) is 0 Å². The standard InChI is InChI=1S/C15H29NO3/c1-3-5-6-7-8-11-19-12-15(14(17)18,16-4-2)13-9-10-13/h13,16H,3-12H2,1-2H3,(H,17,18). The highest BCUT2D eigenvalue weighted by molar-refractivity contribution is 5.80. The number of hydrogen-bond acceptors (Lipinski definition) is 3. The van der Waals surface area contributed by atoms with Crippen molar-refractivity contribution in [1.29, 1.82) is 0 Å². The molecule has 1 atom stereocenters. The van der Waals surface area contributed by atoms with Crippen LogP contribution in [0.5, 0.6) is 0 Å². The van der Waals surface area contributed by atoms with Crippen LogP contribution in [0.15, 0.2) is 0 Å². The Morgan fingerprint density at radius 1 is 1.26 bits per heavy atom. The number of unbranched alkanes of at least 4 members (excludes halogenated alkanes) is 4. The highest BCUT2D eigenvalue weighted by Crippen LogP contribution is 2.40. The number of likely N-dealkylation sites (N-methyl/N-ethyl adjacent to an activating group) is 1. The first-order valence-electron chi connectivity index (χ1n) is 7.73. The summed E-state index contributed by atoms with van der Waals surface area (Å²) in [5.74, 6) is -0.520. The Morgan fingerprint density at radius 3 is 2.47 bits per heavy atom. The van der Waals surface area contributed by atoms with E-state index in [2.05, 4.69) is 12.2 Å². The molecule has 0 spiro atoms. The minimum atomic E-state index is -0.849. The van der Waals surface area contributed by atoms with Crippen molar-refractivity contribution in [2.75, 3.05) is 19.8 Å². The van der Waals surface area contributed by atoms with E-state index in [1.54, 1.807) is 0 Å². The van der Waals surface area contributed by atoms with Crippen LogP contribution in [0.2, 0.25) is 0 Å². The number of rotatable bonds is 12. The largest absolute Gasteiger partial charge is 0.480 e. The average Bonchev–Trinajstić information content (AvgIpc) is 3.20. The molecule has 0 bridgehead atoms. The van der Waals surface area contributed by atoms with E-state index < -0.39 is 11.5 Å². The van der Waals surface area contributed by atoms with E-state index in [9.17, 15) is 9.90 Å². The van der Waals surface area contributed by atoms with Crippen molar-refractivity contribution in [2.45, 2.75) is 64.3 Å². The van der Waals surface area contributed by atoms with Crippen LogP contribution in [0, 0.1) is 5.92 Å². The van der Waals surface area contributed by atoms with E-state index in [0.29, 0.717) is 19.8 Å². The fraction of sp³-hybridized carbons (Fsp3) is 0.933. The molecular formula is C15H29NO3. The molecule has 1 fully saturated rings. The number of ether oxygens (including phenoxy) is 1. The van der Waals surface area contributed by atoms with Gasteiger partial charge in [-0.1, -0.05) is 39.5 Å². The van der Waals surface area contributed by atoms with Gasteiger partial charge in [0.1, 0.15) is 5.54 Å². The summed E-state index contributed by atoms with van der Waals surface area (Å²) in [6.07, 6.45) is 7.98. The van der Waals surface area contributed by atoms with Gasteiger partial charge in [0, 0.05) is 6.61 Å². The van der Waals surface area contributed by atoms with E-state index in [0.717, 1.165) is 19.3 Å². The molecule has 0 aromatic carbocycles. The van der Waals surface area contributed by atoms with Crippen LogP contribution < -0.4 is 5.32 Å².